The molecule has 0 saturated carbocycles. The van der Waals surface area contributed by atoms with E-state index in [4.69, 9.17) is 11.6 Å². The van der Waals surface area contributed by atoms with Crippen molar-refractivity contribution in [2.75, 3.05) is 13.1 Å². The molecule has 110 valence electrons. The Kier molecular flexibility index (Phi) is 3.66. The number of aromatic hydroxyl groups is 3. The predicted molar refractivity (Wildman–Crippen MR) is 81.3 cm³/mol. The van der Waals surface area contributed by atoms with E-state index in [1.807, 2.05) is 6.07 Å². The van der Waals surface area contributed by atoms with Gasteiger partial charge in [0.1, 0.15) is 5.75 Å². The van der Waals surface area contributed by atoms with Crippen LogP contribution in [0.4, 0.5) is 0 Å². The van der Waals surface area contributed by atoms with E-state index in [2.05, 4.69) is 5.32 Å². The van der Waals surface area contributed by atoms with Crippen LogP contribution in [0.5, 0.6) is 17.2 Å². The van der Waals surface area contributed by atoms with Gasteiger partial charge in [-0.1, -0.05) is 23.7 Å². The average molecular weight is 306 g/mol. The lowest BCUT2D eigenvalue weighted by Gasteiger charge is -2.20. The van der Waals surface area contributed by atoms with Crippen molar-refractivity contribution < 1.29 is 15.3 Å². The van der Waals surface area contributed by atoms with Gasteiger partial charge in [-0.2, -0.15) is 0 Å². The van der Waals surface area contributed by atoms with Crippen molar-refractivity contribution in [3.63, 3.8) is 0 Å². The van der Waals surface area contributed by atoms with Crippen LogP contribution in [0, 0.1) is 0 Å². The van der Waals surface area contributed by atoms with Crippen molar-refractivity contribution in [3.05, 3.63) is 52.0 Å². The van der Waals surface area contributed by atoms with Gasteiger partial charge in [-0.05, 0) is 47.9 Å². The average Bonchev–Trinajstić information content (AvgIpc) is 2.67. The van der Waals surface area contributed by atoms with Crippen molar-refractivity contribution in [3.8, 4) is 17.2 Å². The molecule has 2 aromatic carbocycles. The summed E-state index contributed by atoms with van der Waals surface area (Å²) in [5.74, 6) is -0.330. The van der Waals surface area contributed by atoms with E-state index in [0.29, 0.717) is 13.0 Å². The molecule has 0 radical (unpaired) electrons. The largest absolute Gasteiger partial charge is 0.508 e. The highest BCUT2D eigenvalue weighted by molar-refractivity contribution is 6.33. The molecular weight excluding hydrogens is 290 g/mol. The molecule has 0 fully saturated rings. The Morgan fingerprint density at radius 1 is 1.14 bits per heavy atom. The lowest BCUT2D eigenvalue weighted by molar-refractivity contribution is 0.402. The van der Waals surface area contributed by atoms with Crippen molar-refractivity contribution in [1.82, 2.24) is 5.32 Å². The number of halogens is 1. The van der Waals surface area contributed by atoms with E-state index in [1.165, 1.54) is 0 Å². The summed E-state index contributed by atoms with van der Waals surface area (Å²) in [7, 11) is 0. The summed E-state index contributed by atoms with van der Waals surface area (Å²) in [4.78, 5) is 0. The molecule has 4 N–H and O–H groups in total. The molecule has 2 aromatic rings. The maximum Gasteiger partial charge on any atom is 0.176 e. The van der Waals surface area contributed by atoms with Crippen LogP contribution < -0.4 is 5.32 Å². The number of phenols is 3. The molecule has 0 aliphatic carbocycles. The zero-order chi connectivity index (χ0) is 15.0. The quantitative estimate of drug-likeness (QED) is 0.611. The molecule has 0 aromatic heterocycles. The van der Waals surface area contributed by atoms with E-state index < -0.39 is 0 Å². The number of hydrogen-bond donors (Lipinski definition) is 4. The molecule has 1 aliphatic heterocycles. The molecule has 3 rings (SSSR count). The van der Waals surface area contributed by atoms with Gasteiger partial charge in [0.25, 0.3) is 0 Å². The van der Waals surface area contributed by atoms with Gasteiger partial charge < -0.3 is 20.6 Å². The third kappa shape index (κ3) is 2.52. The lowest BCUT2D eigenvalue weighted by atomic mass is 9.87. The molecule has 0 unspecified atom stereocenters. The van der Waals surface area contributed by atoms with Gasteiger partial charge >= 0.3 is 0 Å². The molecule has 0 amide bonds. The second-order valence-electron chi connectivity index (χ2n) is 5.23. The number of phenolic OH excluding ortho intramolecular Hbond substituents is 3. The fraction of sp³-hybridized carbons (Fsp3) is 0.250. The van der Waals surface area contributed by atoms with Crippen LogP contribution in [-0.4, -0.2) is 28.4 Å². The molecule has 1 heterocycles. The zero-order valence-electron chi connectivity index (χ0n) is 11.3. The molecule has 0 saturated heterocycles. The van der Waals surface area contributed by atoms with Gasteiger partial charge in [0, 0.05) is 12.5 Å². The second-order valence-corrected chi connectivity index (χ2v) is 5.61. The topological polar surface area (TPSA) is 72.7 Å². The molecule has 1 aliphatic rings. The first kappa shape index (κ1) is 14.0. The third-order valence-corrected chi connectivity index (χ3v) is 4.31. The van der Waals surface area contributed by atoms with Crippen LogP contribution >= 0.6 is 11.6 Å². The van der Waals surface area contributed by atoms with Crippen LogP contribution in [0.25, 0.3) is 0 Å². The Hall–Kier alpha value is -1.91. The lowest BCUT2D eigenvalue weighted by Crippen LogP contribution is -2.20. The Balaban J connectivity index is 2.17. The molecule has 1 atom stereocenters. The van der Waals surface area contributed by atoms with Crippen LogP contribution in [0.3, 0.4) is 0 Å². The van der Waals surface area contributed by atoms with Gasteiger partial charge in [0.05, 0.1) is 5.02 Å². The van der Waals surface area contributed by atoms with E-state index in [1.54, 1.807) is 24.3 Å². The molecule has 21 heavy (non-hydrogen) atoms. The van der Waals surface area contributed by atoms with Crippen LogP contribution in [0.2, 0.25) is 5.02 Å². The van der Waals surface area contributed by atoms with Gasteiger partial charge in [0.15, 0.2) is 11.5 Å². The number of rotatable bonds is 1. The SMILES string of the molecule is Oc1cccc([C@H]2CNCCc3c2cc(O)c(O)c3Cl)c1. The summed E-state index contributed by atoms with van der Waals surface area (Å²) in [5.41, 5.74) is 2.66. The number of fused-ring (bicyclic) bond motifs is 1. The van der Waals surface area contributed by atoms with E-state index in [9.17, 15) is 15.3 Å². The smallest absolute Gasteiger partial charge is 0.176 e. The summed E-state index contributed by atoms with van der Waals surface area (Å²) in [6.45, 7) is 1.42. The highest BCUT2D eigenvalue weighted by Gasteiger charge is 2.25. The minimum absolute atomic E-state index is 0.0430. The molecule has 4 nitrogen and oxygen atoms in total. The summed E-state index contributed by atoms with van der Waals surface area (Å²) in [6, 6.07) is 8.61. The third-order valence-electron chi connectivity index (χ3n) is 3.90. The first-order chi connectivity index (χ1) is 10.1. The fourth-order valence-corrected chi connectivity index (χ4v) is 3.16. The predicted octanol–water partition coefficient (Wildman–Crippen LogP) is 2.73. The van der Waals surface area contributed by atoms with Gasteiger partial charge in [-0.25, -0.2) is 0 Å². The van der Waals surface area contributed by atoms with Crippen molar-refractivity contribution in [1.29, 1.82) is 0 Å². The standard InChI is InChI=1S/C16H16ClNO3/c17-15-11-4-5-18-8-13(9-2-1-3-10(19)6-9)12(11)7-14(20)16(15)21/h1-3,6-7,13,18-21H,4-5,8H2/t13-/m1/s1. The minimum Gasteiger partial charge on any atom is -0.508 e. The molecule has 0 spiro atoms. The summed E-state index contributed by atoms with van der Waals surface area (Å²) < 4.78 is 0. The Labute approximate surface area is 127 Å². The van der Waals surface area contributed by atoms with E-state index >= 15 is 0 Å². The summed E-state index contributed by atoms with van der Waals surface area (Å²) >= 11 is 6.19. The number of benzene rings is 2. The highest BCUT2D eigenvalue weighted by Crippen LogP contribution is 2.42. The summed E-state index contributed by atoms with van der Waals surface area (Å²) in [6.07, 6.45) is 0.678. The molecular formula is C16H16ClNO3. The van der Waals surface area contributed by atoms with Crippen molar-refractivity contribution in [2.45, 2.75) is 12.3 Å². The van der Waals surface area contributed by atoms with Crippen LogP contribution in [0.15, 0.2) is 30.3 Å². The monoisotopic (exact) mass is 305 g/mol. The minimum atomic E-state index is -0.271. The fourth-order valence-electron chi connectivity index (χ4n) is 2.86. The van der Waals surface area contributed by atoms with Gasteiger partial charge in [0.2, 0.25) is 0 Å². The maximum atomic E-state index is 9.86. The first-order valence-corrected chi connectivity index (χ1v) is 7.18. The molecule has 0 bridgehead atoms. The summed E-state index contributed by atoms with van der Waals surface area (Å²) in [5, 5.41) is 32.9. The van der Waals surface area contributed by atoms with Crippen molar-refractivity contribution in [2.24, 2.45) is 0 Å². The van der Waals surface area contributed by atoms with Crippen molar-refractivity contribution >= 4 is 11.6 Å². The van der Waals surface area contributed by atoms with E-state index in [-0.39, 0.29) is 28.2 Å². The normalized spacial score (nSPS) is 18.0. The Morgan fingerprint density at radius 2 is 1.95 bits per heavy atom. The first-order valence-electron chi connectivity index (χ1n) is 6.80. The highest BCUT2D eigenvalue weighted by atomic mass is 35.5. The van der Waals surface area contributed by atoms with Crippen LogP contribution in [0.1, 0.15) is 22.6 Å². The Bertz CT molecular complexity index is 687. The zero-order valence-corrected chi connectivity index (χ0v) is 12.1. The molecule has 5 heteroatoms. The van der Waals surface area contributed by atoms with Gasteiger partial charge in [-0.3, -0.25) is 0 Å². The number of nitrogens with one attached hydrogen (secondary N) is 1. The maximum absolute atomic E-state index is 9.86. The van der Waals surface area contributed by atoms with Gasteiger partial charge in [-0.15, -0.1) is 0 Å². The van der Waals surface area contributed by atoms with E-state index in [0.717, 1.165) is 23.2 Å². The number of hydrogen-bond acceptors (Lipinski definition) is 4. The second kappa shape index (κ2) is 5.47. The van der Waals surface area contributed by atoms with Crippen LogP contribution in [-0.2, 0) is 6.42 Å². The Morgan fingerprint density at radius 3 is 2.71 bits per heavy atom.